The first-order chi connectivity index (χ1) is 30.2. The molecule has 4 amide bonds. The molecule has 4 aromatic heterocycles. The fourth-order valence-corrected chi connectivity index (χ4v) is 8.32. The van der Waals surface area contributed by atoms with Gasteiger partial charge in [0.15, 0.2) is 0 Å². The van der Waals surface area contributed by atoms with Gasteiger partial charge in [-0.1, -0.05) is 12.2 Å². The van der Waals surface area contributed by atoms with Gasteiger partial charge in [-0.2, -0.15) is 10.2 Å². The second kappa shape index (κ2) is 16.9. The van der Waals surface area contributed by atoms with Gasteiger partial charge in [0.2, 0.25) is 23.7 Å². The summed E-state index contributed by atoms with van der Waals surface area (Å²) >= 11 is 0. The minimum Gasteiger partial charge on any atom is -0.494 e. The summed E-state index contributed by atoms with van der Waals surface area (Å²) in [6, 6.07) is 8.05. The number of imidazole rings is 2. The van der Waals surface area contributed by atoms with Gasteiger partial charge in [-0.25, -0.2) is 9.97 Å². The molecular weight excluding hydrogens is 811 g/mol. The van der Waals surface area contributed by atoms with E-state index in [1.165, 1.54) is 23.9 Å². The summed E-state index contributed by atoms with van der Waals surface area (Å²) in [7, 11) is 1.46. The molecule has 2 aliphatic heterocycles. The van der Waals surface area contributed by atoms with E-state index >= 15 is 0 Å². The van der Waals surface area contributed by atoms with Crippen molar-refractivity contribution in [3.05, 3.63) is 76.4 Å². The third-order valence-corrected chi connectivity index (χ3v) is 11.4. The van der Waals surface area contributed by atoms with Crippen LogP contribution in [0, 0.1) is 19.3 Å². The number of hydrogen-bond acceptors (Lipinski definition) is 13. The van der Waals surface area contributed by atoms with Crippen molar-refractivity contribution < 1.29 is 28.7 Å². The molecule has 8 rings (SSSR count). The van der Waals surface area contributed by atoms with E-state index < -0.39 is 23.6 Å². The number of methoxy groups -OCH3 is 1. The molecule has 6 aromatic rings. The summed E-state index contributed by atoms with van der Waals surface area (Å²) in [6.07, 6.45) is 3.73. The second-order valence-electron chi connectivity index (χ2n) is 15.9. The van der Waals surface area contributed by atoms with Crippen molar-refractivity contribution in [1.82, 2.24) is 43.6 Å². The molecule has 0 saturated carbocycles. The van der Waals surface area contributed by atoms with Crippen molar-refractivity contribution in [2.75, 3.05) is 68.2 Å². The van der Waals surface area contributed by atoms with E-state index in [4.69, 9.17) is 36.6 Å². The van der Waals surface area contributed by atoms with E-state index in [0.717, 1.165) is 32.8 Å². The Kier molecular flexibility index (Phi) is 11.4. The third-order valence-electron chi connectivity index (χ3n) is 11.4. The number of primary amides is 2. The molecule has 6 heterocycles. The number of benzene rings is 2. The maximum Gasteiger partial charge on any atom is 0.278 e. The lowest BCUT2D eigenvalue weighted by molar-refractivity contribution is -0.187. The fourth-order valence-electron chi connectivity index (χ4n) is 8.32. The number of nitrogens with one attached hydrogen (secondary N) is 3. The van der Waals surface area contributed by atoms with Gasteiger partial charge < -0.3 is 46.0 Å². The Labute approximate surface area is 361 Å². The van der Waals surface area contributed by atoms with Crippen LogP contribution in [0.5, 0.6) is 5.75 Å². The maximum absolute atomic E-state index is 13.8. The molecule has 21 nitrogen and oxygen atoms in total. The SMILES string of the molecule is CCn1nc(C)cc1C(=O)Nc1nc2cc(C(N)=O)cc(NCCN3CC4(COC4)C3)c2n1C/C=C/Cn1c(NC(=O)c2c(N)c(C)nn2CC)nc2cc(C(N)=O)cc(OC)c21. The van der Waals surface area contributed by atoms with Crippen LogP contribution >= 0.6 is 0 Å². The molecular formula is C42H51N15O6. The Bertz CT molecular complexity index is 2820. The average molecular weight is 862 g/mol. The molecule has 9 N–H and O–H groups in total. The van der Waals surface area contributed by atoms with Crippen LogP contribution in [0.25, 0.3) is 22.1 Å². The summed E-state index contributed by atoms with van der Waals surface area (Å²) in [5, 5.41) is 18.2. The van der Waals surface area contributed by atoms with E-state index in [2.05, 4.69) is 31.0 Å². The second-order valence-corrected chi connectivity index (χ2v) is 15.9. The number of fused-ring (bicyclic) bond motifs is 2. The maximum atomic E-state index is 13.8. The molecule has 0 bridgehead atoms. The highest BCUT2D eigenvalue weighted by molar-refractivity contribution is 6.08. The van der Waals surface area contributed by atoms with Gasteiger partial charge in [0.25, 0.3) is 11.8 Å². The van der Waals surface area contributed by atoms with Gasteiger partial charge in [0.05, 0.1) is 59.6 Å². The molecule has 63 heavy (non-hydrogen) atoms. The zero-order chi connectivity index (χ0) is 44.7. The normalized spacial score (nSPS) is 14.6. The molecule has 0 unspecified atom stereocenters. The summed E-state index contributed by atoms with van der Waals surface area (Å²) in [5.74, 6) is -1.57. The molecule has 2 saturated heterocycles. The molecule has 0 aliphatic carbocycles. The fraction of sp³-hybridized carbons (Fsp3) is 0.381. The number of likely N-dealkylation sites (tertiary alicyclic amines) is 1. The van der Waals surface area contributed by atoms with Crippen LogP contribution in [0.3, 0.4) is 0 Å². The van der Waals surface area contributed by atoms with Crippen LogP contribution in [0.1, 0.15) is 66.9 Å². The number of aromatic nitrogens is 8. The Hall–Kier alpha value is -7.26. The summed E-state index contributed by atoms with van der Waals surface area (Å²) in [5.41, 5.74) is 22.9. The van der Waals surface area contributed by atoms with E-state index in [9.17, 15) is 19.2 Å². The molecule has 2 aromatic carbocycles. The van der Waals surface area contributed by atoms with Gasteiger partial charge in [0, 0.05) is 68.9 Å². The summed E-state index contributed by atoms with van der Waals surface area (Å²) in [6.45, 7) is 13.3. The average Bonchev–Trinajstić information content (AvgIpc) is 3.96. The number of aryl methyl sites for hydroxylation is 4. The number of allylic oxidation sites excluding steroid dienone is 2. The topological polar surface area (TPSA) is 275 Å². The predicted molar refractivity (Wildman–Crippen MR) is 236 cm³/mol. The first-order valence-corrected chi connectivity index (χ1v) is 20.6. The van der Waals surface area contributed by atoms with Crippen LogP contribution < -0.4 is 37.9 Å². The van der Waals surface area contributed by atoms with Crippen LogP contribution in [-0.4, -0.2) is 114 Å². The Morgan fingerprint density at radius 3 is 2.02 bits per heavy atom. The van der Waals surface area contributed by atoms with Crippen molar-refractivity contribution in [1.29, 1.82) is 0 Å². The first-order valence-electron chi connectivity index (χ1n) is 20.6. The molecule has 2 fully saturated rings. The van der Waals surface area contributed by atoms with Crippen LogP contribution in [0.4, 0.5) is 23.3 Å². The number of carbonyl (C=O) groups excluding carboxylic acids is 4. The zero-order valence-electron chi connectivity index (χ0n) is 35.8. The number of anilines is 4. The molecule has 2 aliphatic rings. The van der Waals surface area contributed by atoms with Gasteiger partial charge in [0.1, 0.15) is 22.7 Å². The van der Waals surface area contributed by atoms with Crippen LogP contribution in [-0.2, 0) is 30.9 Å². The predicted octanol–water partition coefficient (Wildman–Crippen LogP) is 2.73. The van der Waals surface area contributed by atoms with E-state index in [1.807, 2.05) is 37.5 Å². The lowest BCUT2D eigenvalue weighted by Gasteiger charge is -2.55. The minimum absolute atomic E-state index is 0.146. The Balaban J connectivity index is 1.15. The van der Waals surface area contributed by atoms with Crippen molar-refractivity contribution in [2.45, 2.75) is 53.9 Å². The zero-order valence-corrected chi connectivity index (χ0v) is 35.8. The van der Waals surface area contributed by atoms with Gasteiger partial charge in [-0.3, -0.25) is 39.2 Å². The highest BCUT2D eigenvalue weighted by atomic mass is 16.5. The molecule has 330 valence electrons. The number of hydrogen-bond donors (Lipinski definition) is 6. The molecule has 0 radical (unpaired) electrons. The third kappa shape index (κ3) is 8.03. The van der Waals surface area contributed by atoms with Crippen molar-refractivity contribution >= 4 is 69.0 Å². The van der Waals surface area contributed by atoms with Crippen LogP contribution in [0.15, 0.2) is 42.5 Å². The Morgan fingerprint density at radius 1 is 0.825 bits per heavy atom. The Morgan fingerprint density at radius 2 is 1.43 bits per heavy atom. The van der Waals surface area contributed by atoms with Crippen LogP contribution in [0.2, 0.25) is 0 Å². The van der Waals surface area contributed by atoms with Crippen molar-refractivity contribution in [2.24, 2.45) is 16.9 Å². The number of rotatable bonds is 17. The van der Waals surface area contributed by atoms with E-state index in [0.29, 0.717) is 70.2 Å². The molecule has 0 atom stereocenters. The quantitative estimate of drug-likeness (QED) is 0.0721. The summed E-state index contributed by atoms with van der Waals surface area (Å²) in [4.78, 5) is 64.4. The highest BCUT2D eigenvalue weighted by Crippen LogP contribution is 2.37. The largest absolute Gasteiger partial charge is 0.494 e. The van der Waals surface area contributed by atoms with Crippen molar-refractivity contribution in [3.63, 3.8) is 0 Å². The number of nitrogen functional groups attached to an aromatic ring is 1. The standard InChI is InChI=1S/C42H51N15O6/c1-6-56-30(14-23(3)51-56)38(60)49-40-47-28-16-25(36(44)58)15-27(46-10-13-53-19-42(20-53)21-63-22-42)33(28)54(40)11-8-9-12-55-34-29(17-26(37(45)59)18-31(34)62-5)48-41(55)50-39(61)35-32(43)24(4)52-57(35)7-2/h8-9,14-18,46H,6-7,10-13,19-22,43H2,1-5H3,(H2,44,58)(H2,45,59)(H,47,49,60)(H,48,50,61)/b9-8+. The number of amides is 4. The first kappa shape index (κ1) is 42.4. The minimum atomic E-state index is -0.676. The van der Waals surface area contributed by atoms with Gasteiger partial charge in [-0.15, -0.1) is 0 Å². The summed E-state index contributed by atoms with van der Waals surface area (Å²) < 4.78 is 17.8. The molecule has 21 heteroatoms. The van der Waals surface area contributed by atoms with Gasteiger partial charge >= 0.3 is 0 Å². The van der Waals surface area contributed by atoms with Gasteiger partial charge in [-0.05, 0) is 58.0 Å². The van der Waals surface area contributed by atoms with Crippen molar-refractivity contribution in [3.8, 4) is 5.75 Å². The monoisotopic (exact) mass is 861 g/mol. The number of nitrogens with zero attached hydrogens (tertiary/aromatic N) is 9. The highest BCUT2D eigenvalue weighted by Gasteiger charge is 2.48. The van der Waals surface area contributed by atoms with E-state index in [1.54, 1.807) is 34.4 Å². The molecule has 1 spiro atoms. The number of carbonyl (C=O) groups is 4. The lowest BCUT2D eigenvalue weighted by Crippen LogP contribution is -2.66. The number of nitrogens with two attached hydrogens (primary N) is 3. The van der Waals surface area contributed by atoms with E-state index in [-0.39, 0.29) is 52.9 Å². The smallest absolute Gasteiger partial charge is 0.278 e. The number of ether oxygens (including phenoxy) is 2. The lowest BCUT2D eigenvalue weighted by atomic mass is 9.78.